The molecular weight excluding hydrogens is 148 g/mol. The maximum absolute atomic E-state index is 9.10. The van der Waals surface area contributed by atoms with Crippen molar-refractivity contribution in [3.05, 3.63) is 6.92 Å². The highest BCUT2D eigenvalue weighted by Gasteiger charge is 2.25. The van der Waals surface area contributed by atoms with E-state index in [0.29, 0.717) is 0 Å². The molecule has 4 atom stereocenters. The topological polar surface area (TPSA) is 113 Å². The van der Waals surface area contributed by atoms with Gasteiger partial charge in [0, 0.05) is 12.1 Å². The molecule has 0 saturated carbocycles. The molecule has 1 radical (unpaired) electrons. The Balaban J connectivity index is 3.90. The van der Waals surface area contributed by atoms with Crippen LogP contribution in [0, 0.1) is 6.92 Å². The first-order valence-electron chi connectivity index (χ1n) is 3.32. The highest BCUT2D eigenvalue weighted by Crippen LogP contribution is 1.99. The molecule has 67 valence electrons. The van der Waals surface area contributed by atoms with Gasteiger partial charge in [0.05, 0.1) is 12.7 Å². The number of aliphatic hydroxyl groups excluding tert-OH is 3. The van der Waals surface area contributed by atoms with Gasteiger partial charge in [0.2, 0.25) is 0 Å². The summed E-state index contributed by atoms with van der Waals surface area (Å²) in [6.07, 6.45) is -2.48. The maximum atomic E-state index is 9.10. The fourth-order valence-corrected chi connectivity index (χ4v) is 0.618. The molecular formula is C6H15N2O3. The summed E-state index contributed by atoms with van der Waals surface area (Å²) >= 11 is 0. The van der Waals surface area contributed by atoms with Crippen LogP contribution in [-0.4, -0.2) is 46.2 Å². The van der Waals surface area contributed by atoms with Gasteiger partial charge in [0.1, 0.15) is 6.10 Å². The van der Waals surface area contributed by atoms with Crippen molar-refractivity contribution < 1.29 is 15.3 Å². The van der Waals surface area contributed by atoms with Crippen molar-refractivity contribution in [3.63, 3.8) is 0 Å². The van der Waals surface area contributed by atoms with E-state index in [1.165, 1.54) is 0 Å². The molecule has 0 amide bonds. The quantitative estimate of drug-likeness (QED) is 0.307. The molecule has 0 heterocycles. The van der Waals surface area contributed by atoms with Crippen molar-refractivity contribution in [2.24, 2.45) is 11.5 Å². The molecule has 11 heavy (non-hydrogen) atoms. The van der Waals surface area contributed by atoms with E-state index in [1.807, 2.05) is 0 Å². The average Bonchev–Trinajstić information content (AvgIpc) is 2.00. The van der Waals surface area contributed by atoms with E-state index in [1.54, 1.807) is 0 Å². The van der Waals surface area contributed by atoms with E-state index >= 15 is 0 Å². The third kappa shape index (κ3) is 3.13. The largest absolute Gasteiger partial charge is 0.394 e. The second kappa shape index (κ2) is 4.63. The zero-order valence-electron chi connectivity index (χ0n) is 6.22. The molecule has 0 fully saturated rings. The second-order valence-corrected chi connectivity index (χ2v) is 2.48. The summed E-state index contributed by atoms with van der Waals surface area (Å²) in [5.41, 5.74) is 10.6. The molecule has 0 rings (SSSR count). The Morgan fingerprint density at radius 3 is 2.00 bits per heavy atom. The van der Waals surface area contributed by atoms with Crippen LogP contribution in [0.15, 0.2) is 0 Å². The van der Waals surface area contributed by atoms with Crippen LogP contribution in [0.25, 0.3) is 0 Å². The van der Waals surface area contributed by atoms with Crippen LogP contribution >= 0.6 is 0 Å². The van der Waals surface area contributed by atoms with E-state index in [4.69, 9.17) is 26.8 Å². The number of hydrogen-bond acceptors (Lipinski definition) is 5. The molecule has 0 saturated heterocycles. The maximum Gasteiger partial charge on any atom is 0.104 e. The molecule has 0 bridgehead atoms. The molecule has 0 aliphatic heterocycles. The summed E-state index contributed by atoms with van der Waals surface area (Å²) in [6, 6.07) is -1.48. The van der Waals surface area contributed by atoms with Gasteiger partial charge in [0.15, 0.2) is 0 Å². The molecule has 0 spiro atoms. The Bertz CT molecular complexity index is 110. The third-order valence-corrected chi connectivity index (χ3v) is 1.47. The number of rotatable bonds is 4. The first-order chi connectivity index (χ1) is 5.00. The minimum absolute atomic E-state index is 0.540. The zero-order valence-corrected chi connectivity index (χ0v) is 6.22. The minimum atomic E-state index is -1.25. The van der Waals surface area contributed by atoms with Gasteiger partial charge < -0.3 is 26.8 Å². The molecule has 0 aliphatic carbocycles. The summed E-state index contributed by atoms with van der Waals surface area (Å²) < 4.78 is 0. The van der Waals surface area contributed by atoms with Gasteiger partial charge in [-0.3, -0.25) is 0 Å². The summed E-state index contributed by atoms with van der Waals surface area (Å²) in [5.74, 6) is 0. The lowest BCUT2D eigenvalue weighted by molar-refractivity contribution is -0.0274. The first-order valence-corrected chi connectivity index (χ1v) is 3.32. The normalized spacial score (nSPS) is 22.4. The van der Waals surface area contributed by atoms with E-state index in [9.17, 15) is 0 Å². The van der Waals surface area contributed by atoms with Crippen molar-refractivity contribution in [1.29, 1.82) is 0 Å². The number of aliphatic hydroxyl groups is 3. The van der Waals surface area contributed by atoms with Crippen LogP contribution in [0.4, 0.5) is 0 Å². The molecule has 0 aromatic heterocycles. The molecule has 4 unspecified atom stereocenters. The van der Waals surface area contributed by atoms with Crippen LogP contribution in [-0.2, 0) is 0 Å². The van der Waals surface area contributed by atoms with Crippen LogP contribution in [0.2, 0.25) is 0 Å². The van der Waals surface area contributed by atoms with Gasteiger partial charge in [-0.25, -0.2) is 0 Å². The van der Waals surface area contributed by atoms with Crippen molar-refractivity contribution in [1.82, 2.24) is 0 Å². The summed E-state index contributed by atoms with van der Waals surface area (Å²) in [6.45, 7) is 2.84. The predicted molar refractivity (Wildman–Crippen MR) is 40.4 cm³/mol. The summed E-state index contributed by atoms with van der Waals surface area (Å²) in [5, 5.41) is 26.4. The summed E-state index contributed by atoms with van der Waals surface area (Å²) in [4.78, 5) is 0. The monoisotopic (exact) mass is 163 g/mol. The van der Waals surface area contributed by atoms with Crippen LogP contribution < -0.4 is 11.5 Å². The van der Waals surface area contributed by atoms with Gasteiger partial charge in [-0.2, -0.15) is 0 Å². The standard InChI is InChI=1S/C6H15N2O3/c1-3(7)5(8)6(11)4(10)2-9/h3-6,9-11H,1-2,7-8H2. The lowest BCUT2D eigenvalue weighted by Gasteiger charge is -2.24. The van der Waals surface area contributed by atoms with Crippen LogP contribution in [0.3, 0.4) is 0 Å². The van der Waals surface area contributed by atoms with Gasteiger partial charge in [0.25, 0.3) is 0 Å². The van der Waals surface area contributed by atoms with Gasteiger partial charge in [-0.1, -0.05) is 0 Å². The Morgan fingerprint density at radius 2 is 1.73 bits per heavy atom. The van der Waals surface area contributed by atoms with E-state index < -0.39 is 30.9 Å². The fraction of sp³-hybridized carbons (Fsp3) is 0.833. The fourth-order valence-electron chi connectivity index (χ4n) is 0.618. The van der Waals surface area contributed by atoms with Crippen LogP contribution in [0.5, 0.6) is 0 Å². The van der Waals surface area contributed by atoms with Crippen molar-refractivity contribution in [3.8, 4) is 0 Å². The van der Waals surface area contributed by atoms with Crippen molar-refractivity contribution >= 4 is 0 Å². The average molecular weight is 163 g/mol. The van der Waals surface area contributed by atoms with Crippen molar-refractivity contribution in [2.75, 3.05) is 6.61 Å². The first kappa shape index (κ1) is 10.8. The van der Waals surface area contributed by atoms with Crippen LogP contribution in [0.1, 0.15) is 0 Å². The Morgan fingerprint density at radius 1 is 1.27 bits per heavy atom. The van der Waals surface area contributed by atoms with Crippen molar-refractivity contribution in [2.45, 2.75) is 24.3 Å². The number of hydrogen-bond donors (Lipinski definition) is 5. The Hall–Kier alpha value is -0.200. The molecule has 0 aromatic rings. The highest BCUT2D eigenvalue weighted by atomic mass is 16.4. The Labute approximate surface area is 65.6 Å². The van der Waals surface area contributed by atoms with Gasteiger partial charge in [-0.05, 0) is 6.92 Å². The lowest BCUT2D eigenvalue weighted by Crippen LogP contribution is -2.53. The van der Waals surface area contributed by atoms with Gasteiger partial charge >= 0.3 is 0 Å². The predicted octanol–water partition coefficient (Wildman–Crippen LogP) is -2.81. The van der Waals surface area contributed by atoms with E-state index in [-0.39, 0.29) is 0 Å². The zero-order chi connectivity index (χ0) is 9.02. The smallest absolute Gasteiger partial charge is 0.104 e. The SMILES string of the molecule is [CH2]C(N)C(N)C(O)C(O)CO. The van der Waals surface area contributed by atoms with E-state index in [2.05, 4.69) is 6.92 Å². The Kier molecular flexibility index (Phi) is 4.55. The second-order valence-electron chi connectivity index (χ2n) is 2.48. The van der Waals surface area contributed by atoms with Gasteiger partial charge in [-0.15, -0.1) is 0 Å². The van der Waals surface area contributed by atoms with E-state index in [0.717, 1.165) is 0 Å². The highest BCUT2D eigenvalue weighted by molar-refractivity contribution is 4.87. The third-order valence-electron chi connectivity index (χ3n) is 1.47. The minimum Gasteiger partial charge on any atom is -0.394 e. The summed E-state index contributed by atoms with van der Waals surface area (Å²) in [7, 11) is 0. The number of nitrogens with two attached hydrogens (primary N) is 2. The lowest BCUT2D eigenvalue weighted by atomic mass is 10.0. The molecule has 5 heteroatoms. The molecule has 5 nitrogen and oxygen atoms in total. The molecule has 0 aromatic carbocycles. The molecule has 0 aliphatic rings. The molecule has 7 N–H and O–H groups in total.